The Bertz CT molecular complexity index is 604. The van der Waals surface area contributed by atoms with E-state index in [2.05, 4.69) is 15.5 Å². The summed E-state index contributed by atoms with van der Waals surface area (Å²) in [5.41, 5.74) is 7.49. The first-order valence-corrected chi connectivity index (χ1v) is 7.48. The van der Waals surface area contributed by atoms with Crippen molar-refractivity contribution < 1.29 is 4.74 Å². The Balaban J connectivity index is 1.84. The molecule has 0 saturated heterocycles. The average Bonchev–Trinajstić information content (AvgIpc) is 3.16. The summed E-state index contributed by atoms with van der Waals surface area (Å²) in [6, 6.07) is 5.58. The largest absolute Gasteiger partial charge is 0.496 e. The van der Waals surface area contributed by atoms with Gasteiger partial charge in [-0.25, -0.2) is 4.68 Å². The van der Waals surface area contributed by atoms with E-state index in [1.807, 2.05) is 22.9 Å². The van der Waals surface area contributed by atoms with Crippen LogP contribution in [0.2, 0.25) is 0 Å². The number of tetrazole rings is 1. The SMILES string of the molecule is COc1cccc(N)c1-c1nnnn1CCC1CCCC1. The van der Waals surface area contributed by atoms with Crippen LogP contribution in [0.1, 0.15) is 32.1 Å². The molecule has 21 heavy (non-hydrogen) atoms. The molecule has 6 nitrogen and oxygen atoms in total. The highest BCUT2D eigenvalue weighted by Gasteiger charge is 2.19. The normalized spacial score (nSPS) is 15.5. The summed E-state index contributed by atoms with van der Waals surface area (Å²) >= 11 is 0. The highest BCUT2D eigenvalue weighted by Crippen LogP contribution is 2.34. The van der Waals surface area contributed by atoms with Gasteiger partial charge in [0.1, 0.15) is 5.75 Å². The lowest BCUT2D eigenvalue weighted by atomic mass is 10.0. The van der Waals surface area contributed by atoms with Crippen molar-refractivity contribution in [3.63, 3.8) is 0 Å². The van der Waals surface area contributed by atoms with Crippen LogP contribution in [-0.2, 0) is 6.54 Å². The Morgan fingerprint density at radius 3 is 2.90 bits per heavy atom. The van der Waals surface area contributed by atoms with Crippen molar-refractivity contribution in [3.8, 4) is 17.1 Å². The molecule has 1 aliphatic rings. The van der Waals surface area contributed by atoms with Crippen LogP contribution in [0, 0.1) is 5.92 Å². The number of nitrogen functional groups attached to an aromatic ring is 1. The fourth-order valence-corrected chi connectivity index (χ4v) is 3.10. The highest BCUT2D eigenvalue weighted by molar-refractivity contribution is 5.77. The van der Waals surface area contributed by atoms with Crippen molar-refractivity contribution >= 4 is 5.69 Å². The molecule has 1 aromatic carbocycles. The number of aryl methyl sites for hydroxylation is 1. The van der Waals surface area contributed by atoms with E-state index < -0.39 is 0 Å². The minimum atomic E-state index is 0.631. The number of methoxy groups -OCH3 is 1. The summed E-state index contributed by atoms with van der Waals surface area (Å²) in [6.07, 6.45) is 6.48. The number of ether oxygens (including phenoxy) is 1. The van der Waals surface area contributed by atoms with Crippen LogP contribution >= 0.6 is 0 Å². The van der Waals surface area contributed by atoms with Gasteiger partial charge in [-0.15, -0.1) is 5.10 Å². The third-order valence-corrected chi connectivity index (χ3v) is 4.26. The maximum absolute atomic E-state index is 6.09. The lowest BCUT2D eigenvalue weighted by molar-refractivity contribution is 0.414. The van der Waals surface area contributed by atoms with Crippen molar-refractivity contribution in [3.05, 3.63) is 18.2 Å². The quantitative estimate of drug-likeness (QED) is 0.855. The fraction of sp³-hybridized carbons (Fsp3) is 0.533. The Labute approximate surface area is 124 Å². The second-order valence-corrected chi connectivity index (χ2v) is 5.59. The highest BCUT2D eigenvalue weighted by atomic mass is 16.5. The van der Waals surface area contributed by atoms with E-state index in [0.717, 1.165) is 24.4 Å². The van der Waals surface area contributed by atoms with Gasteiger partial charge in [0.2, 0.25) is 0 Å². The van der Waals surface area contributed by atoms with Gasteiger partial charge in [-0.2, -0.15) is 0 Å². The first-order chi connectivity index (χ1) is 10.3. The number of nitrogens with zero attached hydrogens (tertiary/aromatic N) is 4. The molecule has 0 unspecified atom stereocenters. The topological polar surface area (TPSA) is 78.8 Å². The van der Waals surface area contributed by atoms with Gasteiger partial charge in [0.15, 0.2) is 5.82 Å². The number of rotatable bonds is 5. The van der Waals surface area contributed by atoms with Crippen LogP contribution in [0.5, 0.6) is 5.75 Å². The first-order valence-electron chi connectivity index (χ1n) is 7.48. The molecule has 0 radical (unpaired) electrons. The molecule has 2 aromatic rings. The molecular weight excluding hydrogens is 266 g/mol. The Hall–Kier alpha value is -2.11. The van der Waals surface area contributed by atoms with Crippen molar-refractivity contribution in [2.24, 2.45) is 5.92 Å². The van der Waals surface area contributed by atoms with Gasteiger partial charge in [0.05, 0.1) is 12.7 Å². The zero-order valence-corrected chi connectivity index (χ0v) is 12.3. The van der Waals surface area contributed by atoms with Gasteiger partial charge in [0.25, 0.3) is 0 Å². The van der Waals surface area contributed by atoms with Gasteiger partial charge >= 0.3 is 0 Å². The molecule has 2 N–H and O–H groups in total. The van der Waals surface area contributed by atoms with Crippen molar-refractivity contribution in [2.45, 2.75) is 38.6 Å². The predicted octanol–water partition coefficient (Wildman–Crippen LogP) is 2.51. The van der Waals surface area contributed by atoms with Gasteiger partial charge in [-0.1, -0.05) is 31.7 Å². The van der Waals surface area contributed by atoms with Gasteiger partial charge in [-0.05, 0) is 34.9 Å². The predicted molar refractivity (Wildman–Crippen MR) is 80.8 cm³/mol. The van der Waals surface area contributed by atoms with E-state index in [4.69, 9.17) is 10.5 Å². The Kier molecular flexibility index (Phi) is 4.03. The summed E-state index contributed by atoms with van der Waals surface area (Å²) in [5.74, 6) is 2.19. The smallest absolute Gasteiger partial charge is 0.187 e. The second-order valence-electron chi connectivity index (χ2n) is 5.59. The number of aromatic nitrogens is 4. The van der Waals surface area contributed by atoms with E-state index in [-0.39, 0.29) is 0 Å². The molecule has 3 rings (SSSR count). The zero-order chi connectivity index (χ0) is 14.7. The summed E-state index contributed by atoms with van der Waals surface area (Å²) in [4.78, 5) is 0. The first kappa shape index (κ1) is 13.9. The molecule has 0 spiro atoms. The molecule has 0 amide bonds. The maximum Gasteiger partial charge on any atom is 0.187 e. The van der Waals surface area contributed by atoms with Crippen molar-refractivity contribution in [1.29, 1.82) is 0 Å². The molecule has 1 saturated carbocycles. The van der Waals surface area contributed by atoms with Crippen molar-refractivity contribution in [2.75, 3.05) is 12.8 Å². The third kappa shape index (κ3) is 2.84. The number of benzene rings is 1. The second kappa shape index (κ2) is 6.11. The molecule has 6 heteroatoms. The molecule has 1 heterocycles. The Morgan fingerprint density at radius 2 is 2.14 bits per heavy atom. The van der Waals surface area contributed by atoms with Crippen LogP contribution < -0.4 is 10.5 Å². The molecule has 1 aromatic heterocycles. The Morgan fingerprint density at radius 1 is 1.33 bits per heavy atom. The monoisotopic (exact) mass is 287 g/mol. The van der Waals surface area contributed by atoms with E-state index in [1.165, 1.54) is 25.7 Å². The van der Waals surface area contributed by atoms with Crippen LogP contribution in [0.15, 0.2) is 18.2 Å². The van der Waals surface area contributed by atoms with Crippen LogP contribution in [0.3, 0.4) is 0 Å². The summed E-state index contributed by atoms with van der Waals surface area (Å²) in [6.45, 7) is 0.824. The van der Waals surface area contributed by atoms with E-state index in [0.29, 0.717) is 17.3 Å². The third-order valence-electron chi connectivity index (χ3n) is 4.26. The molecule has 0 atom stereocenters. The van der Waals surface area contributed by atoms with E-state index >= 15 is 0 Å². The van der Waals surface area contributed by atoms with Crippen molar-refractivity contribution in [1.82, 2.24) is 20.2 Å². The average molecular weight is 287 g/mol. The van der Waals surface area contributed by atoms with E-state index in [9.17, 15) is 0 Å². The minimum absolute atomic E-state index is 0.631. The molecule has 0 bridgehead atoms. The maximum atomic E-state index is 6.09. The summed E-state index contributed by atoms with van der Waals surface area (Å²) < 4.78 is 7.23. The molecule has 1 fully saturated rings. The number of anilines is 1. The summed E-state index contributed by atoms with van der Waals surface area (Å²) in [7, 11) is 1.63. The fourth-order valence-electron chi connectivity index (χ4n) is 3.10. The van der Waals surface area contributed by atoms with Crippen LogP contribution in [-0.4, -0.2) is 27.3 Å². The minimum Gasteiger partial charge on any atom is -0.496 e. The lowest BCUT2D eigenvalue weighted by Gasteiger charge is -2.12. The van der Waals surface area contributed by atoms with Gasteiger partial charge < -0.3 is 10.5 Å². The zero-order valence-electron chi connectivity index (χ0n) is 12.3. The van der Waals surface area contributed by atoms with E-state index in [1.54, 1.807) is 7.11 Å². The number of nitrogens with two attached hydrogens (primary N) is 1. The van der Waals surface area contributed by atoms with Gasteiger partial charge in [0, 0.05) is 12.2 Å². The standard InChI is InChI=1S/C15H21N5O/c1-21-13-8-4-7-12(16)14(13)15-17-18-19-20(15)10-9-11-5-2-3-6-11/h4,7-8,11H,2-3,5-6,9-10,16H2,1H3. The number of hydrogen-bond acceptors (Lipinski definition) is 5. The lowest BCUT2D eigenvalue weighted by Crippen LogP contribution is -2.08. The van der Waals surface area contributed by atoms with Crippen LogP contribution in [0.25, 0.3) is 11.4 Å². The van der Waals surface area contributed by atoms with Crippen LogP contribution in [0.4, 0.5) is 5.69 Å². The molecular formula is C15H21N5O. The number of hydrogen-bond donors (Lipinski definition) is 1. The molecule has 112 valence electrons. The van der Waals surface area contributed by atoms with Gasteiger partial charge in [-0.3, -0.25) is 0 Å². The summed E-state index contributed by atoms with van der Waals surface area (Å²) in [5, 5.41) is 12.1. The molecule has 0 aliphatic heterocycles. The molecule has 1 aliphatic carbocycles.